The van der Waals surface area contributed by atoms with Gasteiger partial charge in [0.1, 0.15) is 5.75 Å². The van der Waals surface area contributed by atoms with Crippen molar-refractivity contribution in [3.05, 3.63) is 28.8 Å². The molecule has 0 aliphatic carbocycles. The van der Waals surface area contributed by atoms with Crippen LogP contribution in [0.5, 0.6) is 5.75 Å². The maximum Gasteiger partial charge on any atom is 0.122 e. The smallest absolute Gasteiger partial charge is 0.122 e. The first kappa shape index (κ1) is 12.1. The van der Waals surface area contributed by atoms with Crippen molar-refractivity contribution in [1.29, 1.82) is 0 Å². The number of methoxy groups -OCH3 is 1. The zero-order valence-corrected chi connectivity index (χ0v) is 10.3. The third-order valence-electron chi connectivity index (χ3n) is 2.56. The number of nitrogens with two attached hydrogens (primary N) is 1. The molecule has 0 heterocycles. The van der Waals surface area contributed by atoms with Gasteiger partial charge in [0.05, 0.1) is 7.11 Å². The second-order valence-electron chi connectivity index (χ2n) is 4.91. The quantitative estimate of drug-likeness (QED) is 0.827. The van der Waals surface area contributed by atoms with Crippen LogP contribution in [0.1, 0.15) is 30.5 Å². The van der Waals surface area contributed by atoms with E-state index in [1.807, 2.05) is 13.8 Å². The lowest BCUT2D eigenvalue weighted by molar-refractivity contribution is 0.410. The highest BCUT2D eigenvalue weighted by Crippen LogP contribution is 2.24. The Morgan fingerprint density at radius 2 is 1.87 bits per heavy atom. The maximum atomic E-state index is 6.01. The van der Waals surface area contributed by atoms with E-state index in [0.717, 1.165) is 12.2 Å². The average Bonchev–Trinajstić information content (AvgIpc) is 2.08. The Labute approximate surface area is 92.4 Å². The molecule has 1 aromatic carbocycles. The van der Waals surface area contributed by atoms with E-state index < -0.39 is 0 Å². The molecule has 0 saturated heterocycles. The van der Waals surface area contributed by atoms with Crippen LogP contribution in [0.2, 0.25) is 0 Å². The lowest BCUT2D eigenvalue weighted by atomic mass is 9.93. The van der Waals surface area contributed by atoms with E-state index in [2.05, 4.69) is 26.0 Å². The Morgan fingerprint density at radius 3 is 2.33 bits per heavy atom. The molecule has 1 rings (SSSR count). The Bertz CT molecular complexity index is 350. The third-order valence-corrected chi connectivity index (χ3v) is 2.56. The van der Waals surface area contributed by atoms with Crippen molar-refractivity contribution >= 4 is 0 Å². The first-order valence-electron chi connectivity index (χ1n) is 5.26. The summed E-state index contributed by atoms with van der Waals surface area (Å²) in [7, 11) is 1.71. The molecule has 15 heavy (non-hydrogen) atoms. The number of rotatable bonds is 3. The van der Waals surface area contributed by atoms with Crippen molar-refractivity contribution in [2.24, 2.45) is 5.73 Å². The first-order chi connectivity index (χ1) is 6.83. The van der Waals surface area contributed by atoms with Crippen LogP contribution in [0, 0.1) is 13.8 Å². The van der Waals surface area contributed by atoms with Crippen LogP contribution in [0.15, 0.2) is 12.1 Å². The zero-order chi connectivity index (χ0) is 11.6. The summed E-state index contributed by atoms with van der Waals surface area (Å²) in [5.41, 5.74) is 9.53. The van der Waals surface area contributed by atoms with Crippen molar-refractivity contribution in [1.82, 2.24) is 0 Å². The first-order valence-corrected chi connectivity index (χ1v) is 5.26. The summed E-state index contributed by atoms with van der Waals surface area (Å²) in [4.78, 5) is 0. The summed E-state index contributed by atoms with van der Waals surface area (Å²) in [6.07, 6.45) is 0.866. The normalized spacial score (nSPS) is 11.6. The molecule has 0 radical (unpaired) electrons. The molecule has 0 amide bonds. The van der Waals surface area contributed by atoms with Gasteiger partial charge in [0, 0.05) is 5.54 Å². The van der Waals surface area contributed by atoms with Gasteiger partial charge in [-0.05, 0) is 56.9 Å². The molecule has 0 saturated carbocycles. The van der Waals surface area contributed by atoms with Crippen LogP contribution in [0.3, 0.4) is 0 Å². The molecule has 2 heteroatoms. The van der Waals surface area contributed by atoms with Crippen LogP contribution in [0.25, 0.3) is 0 Å². The lowest BCUT2D eigenvalue weighted by Crippen LogP contribution is -2.34. The third kappa shape index (κ3) is 3.24. The summed E-state index contributed by atoms with van der Waals surface area (Å²) >= 11 is 0. The second kappa shape index (κ2) is 4.23. The summed E-state index contributed by atoms with van der Waals surface area (Å²) < 4.78 is 5.34. The highest BCUT2D eigenvalue weighted by Gasteiger charge is 2.13. The molecule has 0 aromatic heterocycles. The molecule has 2 nitrogen and oxygen atoms in total. The van der Waals surface area contributed by atoms with Crippen molar-refractivity contribution in [2.75, 3.05) is 7.11 Å². The maximum absolute atomic E-state index is 6.01. The minimum atomic E-state index is -0.174. The van der Waals surface area contributed by atoms with Crippen molar-refractivity contribution < 1.29 is 4.74 Å². The highest BCUT2D eigenvalue weighted by atomic mass is 16.5. The van der Waals surface area contributed by atoms with Gasteiger partial charge in [0.25, 0.3) is 0 Å². The molecular formula is C13H21NO. The lowest BCUT2D eigenvalue weighted by Gasteiger charge is -2.20. The molecule has 0 fully saturated rings. The molecule has 2 N–H and O–H groups in total. The number of benzene rings is 1. The predicted molar refractivity (Wildman–Crippen MR) is 64.4 cm³/mol. The Balaban J connectivity index is 3.06. The molecule has 0 bridgehead atoms. The fraction of sp³-hybridized carbons (Fsp3) is 0.538. The monoisotopic (exact) mass is 207 g/mol. The summed E-state index contributed by atoms with van der Waals surface area (Å²) in [5.74, 6) is 0.953. The van der Waals surface area contributed by atoms with Gasteiger partial charge >= 0.3 is 0 Å². The van der Waals surface area contributed by atoms with Gasteiger partial charge in [-0.25, -0.2) is 0 Å². The van der Waals surface area contributed by atoms with E-state index >= 15 is 0 Å². The van der Waals surface area contributed by atoms with E-state index in [0.29, 0.717) is 0 Å². The number of hydrogen-bond acceptors (Lipinski definition) is 2. The van der Waals surface area contributed by atoms with Crippen molar-refractivity contribution in [3.8, 4) is 5.75 Å². The second-order valence-corrected chi connectivity index (χ2v) is 4.91. The fourth-order valence-electron chi connectivity index (χ4n) is 1.74. The number of hydrogen-bond donors (Lipinski definition) is 1. The van der Waals surface area contributed by atoms with Gasteiger partial charge in [-0.3, -0.25) is 0 Å². The van der Waals surface area contributed by atoms with Gasteiger partial charge in [0.15, 0.2) is 0 Å². The zero-order valence-electron chi connectivity index (χ0n) is 10.3. The Morgan fingerprint density at radius 1 is 1.27 bits per heavy atom. The van der Waals surface area contributed by atoms with E-state index in [1.54, 1.807) is 7.11 Å². The van der Waals surface area contributed by atoms with Gasteiger partial charge in [0.2, 0.25) is 0 Å². The summed E-state index contributed by atoms with van der Waals surface area (Å²) in [6.45, 7) is 8.25. The van der Waals surface area contributed by atoms with Gasteiger partial charge < -0.3 is 10.5 Å². The molecule has 0 spiro atoms. The largest absolute Gasteiger partial charge is 0.496 e. The molecular weight excluding hydrogens is 186 g/mol. The minimum Gasteiger partial charge on any atom is -0.496 e. The molecule has 84 valence electrons. The molecule has 0 unspecified atom stereocenters. The Kier molecular flexibility index (Phi) is 3.40. The molecule has 0 aliphatic heterocycles. The summed E-state index contributed by atoms with van der Waals surface area (Å²) in [6, 6.07) is 4.27. The van der Waals surface area contributed by atoms with E-state index in [4.69, 9.17) is 10.5 Å². The Hall–Kier alpha value is -1.02. The van der Waals surface area contributed by atoms with Crippen molar-refractivity contribution in [3.63, 3.8) is 0 Å². The van der Waals surface area contributed by atoms with Crippen LogP contribution < -0.4 is 10.5 Å². The van der Waals surface area contributed by atoms with E-state index in [9.17, 15) is 0 Å². The van der Waals surface area contributed by atoms with Crippen LogP contribution >= 0.6 is 0 Å². The molecule has 0 aliphatic rings. The van der Waals surface area contributed by atoms with E-state index in [-0.39, 0.29) is 5.54 Å². The minimum absolute atomic E-state index is 0.174. The standard InChI is InChI=1S/C13H21NO/c1-9-6-11(8-13(3,4)14)7-12(15-5)10(9)2/h6-7H,8,14H2,1-5H3. The number of aryl methyl sites for hydroxylation is 1. The SMILES string of the molecule is COc1cc(CC(C)(C)N)cc(C)c1C. The summed E-state index contributed by atoms with van der Waals surface area (Å²) in [5, 5.41) is 0. The van der Waals surface area contributed by atoms with Crippen molar-refractivity contribution in [2.45, 2.75) is 39.7 Å². The van der Waals surface area contributed by atoms with Gasteiger partial charge in [-0.15, -0.1) is 0 Å². The topological polar surface area (TPSA) is 35.2 Å². The molecule has 1 aromatic rings. The molecule has 0 atom stereocenters. The fourth-order valence-corrected chi connectivity index (χ4v) is 1.74. The van der Waals surface area contributed by atoms with Crippen LogP contribution in [0.4, 0.5) is 0 Å². The van der Waals surface area contributed by atoms with Gasteiger partial charge in [-0.2, -0.15) is 0 Å². The van der Waals surface area contributed by atoms with Crippen LogP contribution in [-0.2, 0) is 6.42 Å². The predicted octanol–water partition coefficient (Wildman–Crippen LogP) is 2.59. The van der Waals surface area contributed by atoms with Gasteiger partial charge in [-0.1, -0.05) is 6.07 Å². The van der Waals surface area contributed by atoms with E-state index in [1.165, 1.54) is 16.7 Å². The average molecular weight is 207 g/mol. The van der Waals surface area contributed by atoms with Crippen LogP contribution in [-0.4, -0.2) is 12.6 Å². The number of ether oxygens (including phenoxy) is 1. The highest BCUT2D eigenvalue weighted by molar-refractivity contribution is 5.42.